The standard InChI is InChI=1S/C13H23N5/c1-12-16-15-11-18(12)8-7-17-6-2-3-13(10-17)4-5-14-9-13/h11,14H,2-10H2,1H3. The van der Waals surface area contributed by atoms with Gasteiger partial charge < -0.3 is 14.8 Å². The van der Waals surface area contributed by atoms with Crippen molar-refractivity contribution < 1.29 is 0 Å². The van der Waals surface area contributed by atoms with Gasteiger partial charge in [-0.1, -0.05) is 0 Å². The molecule has 1 unspecified atom stereocenters. The number of piperidine rings is 1. The second kappa shape index (κ2) is 4.97. The van der Waals surface area contributed by atoms with E-state index in [0.717, 1.165) is 18.9 Å². The van der Waals surface area contributed by atoms with Gasteiger partial charge in [0.25, 0.3) is 0 Å². The van der Waals surface area contributed by atoms with E-state index < -0.39 is 0 Å². The van der Waals surface area contributed by atoms with E-state index in [2.05, 4.69) is 25.0 Å². The minimum Gasteiger partial charge on any atom is -0.317 e. The summed E-state index contributed by atoms with van der Waals surface area (Å²) in [6.45, 7) is 9.10. The van der Waals surface area contributed by atoms with Gasteiger partial charge in [0.15, 0.2) is 0 Å². The number of hydrogen-bond donors (Lipinski definition) is 1. The van der Waals surface area contributed by atoms with Crippen molar-refractivity contribution >= 4 is 0 Å². The van der Waals surface area contributed by atoms with E-state index in [9.17, 15) is 0 Å². The molecule has 2 saturated heterocycles. The van der Waals surface area contributed by atoms with Crippen LogP contribution in [0.15, 0.2) is 6.33 Å². The Bertz CT molecular complexity index is 394. The van der Waals surface area contributed by atoms with Gasteiger partial charge in [0.2, 0.25) is 0 Å². The first-order valence-electron chi connectivity index (χ1n) is 7.05. The molecule has 0 aliphatic carbocycles. The fraction of sp³-hybridized carbons (Fsp3) is 0.846. The maximum Gasteiger partial charge on any atom is 0.129 e. The van der Waals surface area contributed by atoms with Crippen LogP contribution in [0.5, 0.6) is 0 Å². The summed E-state index contributed by atoms with van der Waals surface area (Å²) in [6, 6.07) is 0. The summed E-state index contributed by atoms with van der Waals surface area (Å²) in [5.41, 5.74) is 0.570. The average Bonchev–Trinajstić information content (AvgIpc) is 2.97. The largest absolute Gasteiger partial charge is 0.317 e. The number of likely N-dealkylation sites (tertiary alicyclic amines) is 1. The third-order valence-corrected chi connectivity index (χ3v) is 4.54. The van der Waals surface area contributed by atoms with Gasteiger partial charge in [-0.2, -0.15) is 0 Å². The molecule has 0 aromatic carbocycles. The van der Waals surface area contributed by atoms with E-state index in [1.165, 1.54) is 45.4 Å². The van der Waals surface area contributed by atoms with Gasteiger partial charge >= 0.3 is 0 Å². The summed E-state index contributed by atoms with van der Waals surface area (Å²) in [5.74, 6) is 1.02. The Hall–Kier alpha value is -0.940. The van der Waals surface area contributed by atoms with E-state index >= 15 is 0 Å². The molecule has 5 nitrogen and oxygen atoms in total. The van der Waals surface area contributed by atoms with Crippen LogP contribution in [0, 0.1) is 12.3 Å². The van der Waals surface area contributed by atoms with E-state index in [4.69, 9.17) is 0 Å². The van der Waals surface area contributed by atoms with Crippen molar-refractivity contribution in [3.8, 4) is 0 Å². The Morgan fingerprint density at radius 2 is 2.33 bits per heavy atom. The maximum atomic E-state index is 4.04. The first-order chi connectivity index (χ1) is 8.77. The summed E-state index contributed by atoms with van der Waals surface area (Å²) in [6.07, 6.45) is 5.95. The van der Waals surface area contributed by atoms with Crippen molar-refractivity contribution in [2.24, 2.45) is 5.41 Å². The molecule has 2 fully saturated rings. The Morgan fingerprint density at radius 3 is 3.06 bits per heavy atom. The first kappa shape index (κ1) is 12.1. The average molecular weight is 249 g/mol. The molecule has 1 atom stereocenters. The van der Waals surface area contributed by atoms with Crippen LogP contribution < -0.4 is 5.32 Å². The molecule has 0 amide bonds. The Balaban J connectivity index is 1.55. The lowest BCUT2D eigenvalue weighted by Gasteiger charge is -2.40. The molecule has 1 N–H and O–H groups in total. The summed E-state index contributed by atoms with van der Waals surface area (Å²) in [7, 11) is 0. The van der Waals surface area contributed by atoms with E-state index in [1.54, 1.807) is 0 Å². The van der Waals surface area contributed by atoms with Gasteiger partial charge in [-0.15, -0.1) is 10.2 Å². The molecule has 3 heterocycles. The molecule has 2 aliphatic heterocycles. The highest BCUT2D eigenvalue weighted by Crippen LogP contribution is 2.35. The second-order valence-electron chi connectivity index (χ2n) is 5.88. The minimum atomic E-state index is 0.570. The third kappa shape index (κ3) is 2.42. The zero-order valence-corrected chi connectivity index (χ0v) is 11.2. The number of aromatic nitrogens is 3. The van der Waals surface area contributed by atoms with Crippen molar-refractivity contribution in [1.82, 2.24) is 25.0 Å². The highest BCUT2D eigenvalue weighted by atomic mass is 15.3. The first-order valence-corrected chi connectivity index (χ1v) is 7.05. The van der Waals surface area contributed by atoms with Gasteiger partial charge in [0.05, 0.1) is 0 Å². The Kier molecular flexibility index (Phi) is 3.35. The zero-order valence-electron chi connectivity index (χ0n) is 11.2. The number of nitrogens with zero attached hydrogens (tertiary/aromatic N) is 4. The lowest BCUT2D eigenvalue weighted by molar-refractivity contribution is 0.100. The smallest absolute Gasteiger partial charge is 0.129 e. The summed E-state index contributed by atoms with van der Waals surface area (Å²) < 4.78 is 2.15. The number of hydrogen-bond acceptors (Lipinski definition) is 4. The minimum absolute atomic E-state index is 0.570. The van der Waals surface area contributed by atoms with Crippen LogP contribution in [0.3, 0.4) is 0 Å². The summed E-state index contributed by atoms with van der Waals surface area (Å²) in [5, 5.41) is 11.5. The molecule has 0 saturated carbocycles. The molecule has 100 valence electrons. The normalized spacial score (nSPS) is 29.2. The van der Waals surface area contributed by atoms with Crippen LogP contribution in [0.1, 0.15) is 25.1 Å². The van der Waals surface area contributed by atoms with Crippen molar-refractivity contribution in [3.05, 3.63) is 12.2 Å². The van der Waals surface area contributed by atoms with Crippen molar-refractivity contribution in [3.63, 3.8) is 0 Å². The predicted molar refractivity (Wildman–Crippen MR) is 70.4 cm³/mol. The van der Waals surface area contributed by atoms with Crippen LogP contribution in [-0.2, 0) is 6.54 Å². The topological polar surface area (TPSA) is 46.0 Å². The summed E-state index contributed by atoms with van der Waals surface area (Å²) >= 11 is 0. The van der Waals surface area contributed by atoms with E-state index in [1.807, 2.05) is 13.3 Å². The number of rotatable bonds is 3. The molecule has 3 rings (SSSR count). The van der Waals surface area contributed by atoms with Crippen molar-refractivity contribution in [1.29, 1.82) is 0 Å². The molecule has 1 aromatic rings. The molecule has 1 aromatic heterocycles. The lowest BCUT2D eigenvalue weighted by Crippen LogP contribution is -2.45. The fourth-order valence-electron chi connectivity index (χ4n) is 3.43. The predicted octanol–water partition coefficient (Wildman–Crippen LogP) is 0.662. The maximum absolute atomic E-state index is 4.04. The van der Waals surface area contributed by atoms with E-state index in [0.29, 0.717) is 5.41 Å². The molecule has 18 heavy (non-hydrogen) atoms. The Labute approximate surface area is 109 Å². The molecule has 5 heteroatoms. The third-order valence-electron chi connectivity index (χ3n) is 4.54. The van der Waals surface area contributed by atoms with Crippen LogP contribution in [0.2, 0.25) is 0 Å². The lowest BCUT2D eigenvalue weighted by atomic mass is 9.79. The van der Waals surface area contributed by atoms with Gasteiger partial charge in [-0.05, 0) is 44.7 Å². The molecule has 0 radical (unpaired) electrons. The highest BCUT2D eigenvalue weighted by molar-refractivity contribution is 4.93. The molecular weight excluding hydrogens is 226 g/mol. The van der Waals surface area contributed by atoms with Gasteiger partial charge in [-0.3, -0.25) is 0 Å². The van der Waals surface area contributed by atoms with Gasteiger partial charge in [0, 0.05) is 26.2 Å². The molecule has 2 aliphatic rings. The van der Waals surface area contributed by atoms with Crippen molar-refractivity contribution in [2.45, 2.75) is 32.7 Å². The summed E-state index contributed by atoms with van der Waals surface area (Å²) in [4.78, 5) is 2.62. The Morgan fingerprint density at radius 1 is 1.39 bits per heavy atom. The zero-order chi connectivity index (χ0) is 12.4. The van der Waals surface area contributed by atoms with Gasteiger partial charge in [0.1, 0.15) is 12.2 Å². The van der Waals surface area contributed by atoms with Crippen molar-refractivity contribution in [2.75, 3.05) is 32.7 Å². The molecule has 0 bridgehead atoms. The van der Waals surface area contributed by atoms with Crippen LogP contribution in [0.25, 0.3) is 0 Å². The molecular formula is C13H23N5. The number of nitrogens with one attached hydrogen (secondary N) is 1. The highest BCUT2D eigenvalue weighted by Gasteiger charge is 2.37. The quantitative estimate of drug-likeness (QED) is 0.855. The SMILES string of the molecule is Cc1nncn1CCN1CCCC2(CCNC2)C1. The van der Waals surface area contributed by atoms with Gasteiger partial charge in [-0.25, -0.2) is 0 Å². The van der Waals surface area contributed by atoms with Crippen LogP contribution >= 0.6 is 0 Å². The molecule has 1 spiro atoms. The van der Waals surface area contributed by atoms with E-state index in [-0.39, 0.29) is 0 Å². The second-order valence-corrected chi connectivity index (χ2v) is 5.88. The van der Waals surface area contributed by atoms with Crippen LogP contribution in [0.4, 0.5) is 0 Å². The fourth-order valence-corrected chi connectivity index (χ4v) is 3.43. The number of aryl methyl sites for hydroxylation is 1. The van der Waals surface area contributed by atoms with Crippen LogP contribution in [-0.4, -0.2) is 52.4 Å². The monoisotopic (exact) mass is 249 g/mol.